The summed E-state index contributed by atoms with van der Waals surface area (Å²) in [7, 11) is -2.71. The number of anilines is 1. The Morgan fingerprint density at radius 3 is 2.55 bits per heavy atom. The normalized spacial score (nSPS) is 14.3. The first-order valence-electron chi connectivity index (χ1n) is 8.35. The van der Waals surface area contributed by atoms with Crippen LogP contribution in [0.15, 0.2) is 41.3 Å². The zero-order chi connectivity index (χ0) is 21.4. The number of benzene rings is 2. The summed E-state index contributed by atoms with van der Waals surface area (Å²) in [5.41, 5.74) is 1.15. The van der Waals surface area contributed by atoms with E-state index in [9.17, 15) is 26.4 Å². The Morgan fingerprint density at radius 2 is 1.90 bits per heavy atom. The molecule has 0 unspecified atom stereocenters. The number of ether oxygens (including phenoxy) is 1. The molecule has 0 aliphatic carbocycles. The first kappa shape index (κ1) is 21.3. The first-order valence-corrected chi connectivity index (χ1v) is 10.2. The highest BCUT2D eigenvalue weighted by atomic mass is 35.5. The van der Waals surface area contributed by atoms with Crippen molar-refractivity contribution in [1.29, 1.82) is 0 Å². The van der Waals surface area contributed by atoms with E-state index in [0.29, 0.717) is 16.0 Å². The molecule has 156 valence electrons. The van der Waals surface area contributed by atoms with Crippen LogP contribution in [-0.2, 0) is 27.8 Å². The molecule has 0 atom stereocenters. The third-order valence-electron chi connectivity index (χ3n) is 4.44. The molecular formula is C18H16ClF3N2O4S. The van der Waals surface area contributed by atoms with Crippen LogP contribution in [0.25, 0.3) is 0 Å². The molecule has 1 heterocycles. The maximum atomic E-state index is 12.8. The Morgan fingerprint density at radius 1 is 1.17 bits per heavy atom. The monoisotopic (exact) mass is 448 g/mol. The van der Waals surface area contributed by atoms with Crippen molar-refractivity contribution < 1.29 is 31.1 Å². The van der Waals surface area contributed by atoms with Crippen molar-refractivity contribution >= 4 is 33.2 Å². The highest BCUT2D eigenvalue weighted by Crippen LogP contribution is 2.31. The highest BCUT2D eigenvalue weighted by molar-refractivity contribution is 7.92. The molecule has 0 saturated heterocycles. The van der Waals surface area contributed by atoms with Crippen LogP contribution in [0.4, 0.5) is 18.9 Å². The van der Waals surface area contributed by atoms with Crippen LogP contribution in [0.3, 0.4) is 0 Å². The minimum atomic E-state index is -4.98. The molecule has 2 aromatic carbocycles. The number of sulfonamides is 1. The lowest BCUT2D eigenvalue weighted by Gasteiger charge is -2.29. The summed E-state index contributed by atoms with van der Waals surface area (Å²) in [6.45, 7) is -0.410. The van der Waals surface area contributed by atoms with Crippen molar-refractivity contribution in [3.8, 4) is 5.75 Å². The topological polar surface area (TPSA) is 75.7 Å². The Balaban J connectivity index is 1.89. The predicted molar refractivity (Wildman–Crippen MR) is 100 cm³/mol. The average Bonchev–Trinajstić information content (AvgIpc) is 2.65. The molecule has 1 amide bonds. The van der Waals surface area contributed by atoms with Crippen LogP contribution in [0.2, 0.25) is 5.02 Å². The molecule has 29 heavy (non-hydrogen) atoms. The van der Waals surface area contributed by atoms with Gasteiger partial charge in [-0.15, -0.1) is 0 Å². The van der Waals surface area contributed by atoms with Gasteiger partial charge in [0.1, 0.15) is 5.75 Å². The van der Waals surface area contributed by atoms with Gasteiger partial charge in [-0.05, 0) is 47.9 Å². The van der Waals surface area contributed by atoms with E-state index in [0.717, 1.165) is 0 Å². The summed E-state index contributed by atoms with van der Waals surface area (Å²) in [6.07, 6.45) is -4.78. The molecule has 11 heteroatoms. The standard InChI is InChI=1S/C18H16ClF3N2O4S/c1-28-16-5-3-13(19)9-15(16)23-29(26,27)14-4-2-11-6-7-24(10-12(11)8-14)17(25)18(20,21)22/h2-5,8-9,23H,6-7,10H2,1H3. The molecular weight excluding hydrogens is 433 g/mol. The van der Waals surface area contributed by atoms with E-state index in [1.165, 1.54) is 43.5 Å². The Kier molecular flexibility index (Phi) is 5.68. The second-order valence-electron chi connectivity index (χ2n) is 6.36. The van der Waals surface area contributed by atoms with E-state index in [1.807, 2.05) is 0 Å². The van der Waals surface area contributed by atoms with Crippen molar-refractivity contribution in [2.24, 2.45) is 0 Å². The van der Waals surface area contributed by atoms with E-state index >= 15 is 0 Å². The second kappa shape index (κ2) is 7.75. The number of hydrogen-bond donors (Lipinski definition) is 1. The first-order chi connectivity index (χ1) is 13.5. The number of carbonyl (C=O) groups is 1. The molecule has 0 spiro atoms. The molecule has 6 nitrogen and oxygen atoms in total. The number of nitrogens with one attached hydrogen (secondary N) is 1. The Bertz CT molecular complexity index is 1060. The van der Waals surface area contributed by atoms with Crippen LogP contribution in [0.5, 0.6) is 5.75 Å². The van der Waals surface area contributed by atoms with Gasteiger partial charge in [-0.2, -0.15) is 13.2 Å². The predicted octanol–water partition coefficient (Wildman–Crippen LogP) is 3.60. The van der Waals surface area contributed by atoms with Gasteiger partial charge in [0.05, 0.1) is 17.7 Å². The van der Waals surface area contributed by atoms with E-state index in [4.69, 9.17) is 16.3 Å². The molecule has 0 bridgehead atoms. The van der Waals surface area contributed by atoms with Crippen molar-refractivity contribution in [3.05, 3.63) is 52.5 Å². The summed E-state index contributed by atoms with van der Waals surface area (Å²) >= 11 is 5.91. The second-order valence-corrected chi connectivity index (χ2v) is 8.47. The van der Waals surface area contributed by atoms with Gasteiger partial charge in [-0.1, -0.05) is 17.7 Å². The number of rotatable bonds is 4. The fourth-order valence-electron chi connectivity index (χ4n) is 3.02. The zero-order valence-electron chi connectivity index (χ0n) is 15.1. The maximum absolute atomic E-state index is 12.8. The van der Waals surface area contributed by atoms with Crippen molar-refractivity contribution in [1.82, 2.24) is 4.90 Å². The van der Waals surface area contributed by atoms with Gasteiger partial charge in [0.15, 0.2) is 0 Å². The zero-order valence-corrected chi connectivity index (χ0v) is 16.7. The van der Waals surface area contributed by atoms with Crippen molar-refractivity contribution in [3.63, 3.8) is 0 Å². The van der Waals surface area contributed by atoms with Gasteiger partial charge in [-0.25, -0.2) is 8.42 Å². The number of nitrogens with zero attached hydrogens (tertiary/aromatic N) is 1. The van der Waals surface area contributed by atoms with Crippen molar-refractivity contribution in [2.75, 3.05) is 18.4 Å². The van der Waals surface area contributed by atoms with Gasteiger partial charge < -0.3 is 9.64 Å². The molecule has 0 aromatic heterocycles. The van der Waals surface area contributed by atoms with E-state index in [-0.39, 0.29) is 40.9 Å². The van der Waals surface area contributed by atoms with Crippen LogP contribution in [0, 0.1) is 0 Å². The van der Waals surface area contributed by atoms with Crippen LogP contribution in [-0.4, -0.2) is 39.1 Å². The Labute approximate surface area is 170 Å². The number of fused-ring (bicyclic) bond motifs is 1. The lowest BCUT2D eigenvalue weighted by molar-refractivity contribution is -0.186. The minimum absolute atomic E-state index is 0.0879. The van der Waals surface area contributed by atoms with Crippen molar-refractivity contribution in [2.45, 2.75) is 24.0 Å². The Hall–Kier alpha value is -2.46. The van der Waals surface area contributed by atoms with Gasteiger partial charge in [-0.3, -0.25) is 9.52 Å². The molecule has 3 rings (SSSR count). The maximum Gasteiger partial charge on any atom is 0.471 e. The van der Waals surface area contributed by atoms with Gasteiger partial charge in [0, 0.05) is 18.1 Å². The smallest absolute Gasteiger partial charge is 0.471 e. The number of halogens is 4. The molecule has 0 radical (unpaired) electrons. The summed E-state index contributed by atoms with van der Waals surface area (Å²) in [6, 6.07) is 8.57. The van der Waals surface area contributed by atoms with Gasteiger partial charge >= 0.3 is 12.1 Å². The molecule has 1 aliphatic heterocycles. The van der Waals surface area contributed by atoms with Gasteiger partial charge in [0.25, 0.3) is 10.0 Å². The number of amides is 1. The summed E-state index contributed by atoms with van der Waals surface area (Å²) < 4.78 is 71.1. The summed E-state index contributed by atoms with van der Waals surface area (Å²) in [5.74, 6) is -1.70. The molecule has 1 N–H and O–H groups in total. The average molecular weight is 449 g/mol. The lowest BCUT2D eigenvalue weighted by atomic mass is 10.00. The molecule has 2 aromatic rings. The SMILES string of the molecule is COc1ccc(Cl)cc1NS(=O)(=O)c1ccc2c(c1)CN(C(=O)C(F)(F)F)CC2. The number of methoxy groups -OCH3 is 1. The fourth-order valence-corrected chi connectivity index (χ4v) is 4.30. The molecule has 0 fully saturated rings. The van der Waals surface area contributed by atoms with Crippen LogP contribution in [0.1, 0.15) is 11.1 Å². The number of alkyl halides is 3. The third-order valence-corrected chi connectivity index (χ3v) is 6.03. The molecule has 1 aliphatic rings. The lowest BCUT2D eigenvalue weighted by Crippen LogP contribution is -2.43. The summed E-state index contributed by atoms with van der Waals surface area (Å²) in [5, 5.41) is 0.287. The quantitative estimate of drug-likeness (QED) is 0.775. The highest BCUT2D eigenvalue weighted by Gasteiger charge is 2.43. The summed E-state index contributed by atoms with van der Waals surface area (Å²) in [4.78, 5) is 12.0. The minimum Gasteiger partial charge on any atom is -0.495 e. The van der Waals surface area contributed by atoms with Crippen LogP contribution < -0.4 is 9.46 Å². The van der Waals surface area contributed by atoms with Crippen LogP contribution >= 0.6 is 11.6 Å². The fraction of sp³-hybridized carbons (Fsp3) is 0.278. The largest absolute Gasteiger partial charge is 0.495 e. The van der Waals surface area contributed by atoms with Gasteiger partial charge in [0.2, 0.25) is 0 Å². The third kappa shape index (κ3) is 4.59. The number of carbonyl (C=O) groups excluding carboxylic acids is 1. The van der Waals surface area contributed by atoms with E-state index in [2.05, 4.69) is 4.72 Å². The molecule has 0 saturated carbocycles. The van der Waals surface area contributed by atoms with E-state index in [1.54, 1.807) is 0 Å². The van der Waals surface area contributed by atoms with E-state index < -0.39 is 22.1 Å². The number of hydrogen-bond acceptors (Lipinski definition) is 4.